The van der Waals surface area contributed by atoms with Crippen LogP contribution >= 0.6 is 11.3 Å². The molecule has 144 valence electrons. The molecule has 0 saturated carbocycles. The molecular formula is C18H18FNO5S2. The minimum Gasteiger partial charge on any atom is -0.457 e. The maximum absolute atomic E-state index is 13.2. The first kappa shape index (κ1) is 19.7. The number of ketones is 1. The average molecular weight is 411 g/mol. The first-order valence-electron chi connectivity index (χ1n) is 8.37. The maximum Gasteiger partial charge on any atom is 0.310 e. The summed E-state index contributed by atoms with van der Waals surface area (Å²) >= 11 is 1.12. The van der Waals surface area contributed by atoms with E-state index in [1.165, 1.54) is 28.6 Å². The van der Waals surface area contributed by atoms with Gasteiger partial charge in [-0.1, -0.05) is 18.2 Å². The van der Waals surface area contributed by atoms with E-state index in [0.29, 0.717) is 19.4 Å². The van der Waals surface area contributed by atoms with Crippen LogP contribution in [0.2, 0.25) is 0 Å². The number of sulfonamides is 1. The maximum atomic E-state index is 13.2. The van der Waals surface area contributed by atoms with Gasteiger partial charge in [0, 0.05) is 18.7 Å². The number of hydrogen-bond acceptors (Lipinski definition) is 6. The van der Waals surface area contributed by atoms with E-state index in [-0.39, 0.29) is 16.3 Å². The van der Waals surface area contributed by atoms with E-state index < -0.39 is 40.1 Å². The standard InChI is InChI=1S/C18H18FNO5S2/c19-15-6-1-4-13(10-15)16(21)12-25-18(22)14-5-2-8-20(11-14)27(23,24)17-7-3-9-26-17/h1,3-4,6-7,9-10,14H,2,5,8,11-12H2/t14-/m0/s1. The molecule has 0 spiro atoms. The highest BCUT2D eigenvalue weighted by Gasteiger charge is 2.34. The number of rotatable bonds is 6. The number of hydrogen-bond donors (Lipinski definition) is 0. The Balaban J connectivity index is 1.59. The molecule has 0 amide bonds. The number of carbonyl (C=O) groups is 2. The van der Waals surface area contributed by atoms with E-state index in [1.807, 2.05) is 0 Å². The zero-order valence-electron chi connectivity index (χ0n) is 14.3. The largest absolute Gasteiger partial charge is 0.457 e. The van der Waals surface area contributed by atoms with Gasteiger partial charge in [0.1, 0.15) is 10.0 Å². The van der Waals surface area contributed by atoms with Gasteiger partial charge >= 0.3 is 5.97 Å². The normalized spacial score (nSPS) is 18.2. The van der Waals surface area contributed by atoms with Crippen LogP contribution in [0.4, 0.5) is 4.39 Å². The minimum atomic E-state index is -3.63. The van der Waals surface area contributed by atoms with Crippen molar-refractivity contribution in [3.8, 4) is 0 Å². The van der Waals surface area contributed by atoms with Gasteiger partial charge in [-0.25, -0.2) is 12.8 Å². The van der Waals surface area contributed by atoms with Crippen molar-refractivity contribution in [1.29, 1.82) is 0 Å². The van der Waals surface area contributed by atoms with Crippen LogP contribution in [0.1, 0.15) is 23.2 Å². The van der Waals surface area contributed by atoms with Crippen molar-refractivity contribution in [3.63, 3.8) is 0 Å². The van der Waals surface area contributed by atoms with Crippen LogP contribution in [0.3, 0.4) is 0 Å². The van der Waals surface area contributed by atoms with Crippen molar-refractivity contribution in [1.82, 2.24) is 4.31 Å². The van der Waals surface area contributed by atoms with Crippen LogP contribution in [0.5, 0.6) is 0 Å². The van der Waals surface area contributed by atoms with Gasteiger partial charge in [0.25, 0.3) is 10.0 Å². The Kier molecular flexibility index (Phi) is 6.03. The Morgan fingerprint density at radius 3 is 2.78 bits per heavy atom. The SMILES string of the molecule is O=C(COC(=O)[C@H]1CCCN(S(=O)(=O)c2cccs2)C1)c1cccc(F)c1. The van der Waals surface area contributed by atoms with Crippen molar-refractivity contribution in [2.24, 2.45) is 5.92 Å². The summed E-state index contributed by atoms with van der Waals surface area (Å²) in [6.45, 7) is -0.143. The smallest absolute Gasteiger partial charge is 0.310 e. The second-order valence-corrected chi connectivity index (χ2v) is 9.29. The van der Waals surface area contributed by atoms with E-state index in [2.05, 4.69) is 0 Å². The van der Waals surface area contributed by atoms with Crippen molar-refractivity contribution >= 4 is 33.1 Å². The molecule has 2 aromatic rings. The van der Waals surface area contributed by atoms with Gasteiger partial charge in [0.15, 0.2) is 12.4 Å². The van der Waals surface area contributed by atoms with E-state index in [0.717, 1.165) is 17.4 Å². The predicted molar refractivity (Wildman–Crippen MR) is 97.5 cm³/mol. The second kappa shape index (κ2) is 8.28. The summed E-state index contributed by atoms with van der Waals surface area (Å²) in [6.07, 6.45) is 1.02. The number of benzene rings is 1. The molecule has 1 aliphatic heterocycles. The molecule has 27 heavy (non-hydrogen) atoms. The Bertz CT molecular complexity index is 927. The van der Waals surface area contributed by atoms with Crippen LogP contribution in [-0.4, -0.2) is 44.2 Å². The number of Topliss-reactive ketones (excluding diaryl/α,β-unsaturated/α-hetero) is 1. The van der Waals surface area contributed by atoms with E-state index in [9.17, 15) is 22.4 Å². The van der Waals surface area contributed by atoms with Crippen LogP contribution in [0, 0.1) is 11.7 Å². The number of esters is 1. The summed E-state index contributed by atoms with van der Waals surface area (Å²) in [5.74, 6) is -2.31. The molecule has 0 aliphatic carbocycles. The third-order valence-electron chi connectivity index (χ3n) is 4.30. The molecule has 1 fully saturated rings. The van der Waals surface area contributed by atoms with Gasteiger partial charge < -0.3 is 4.74 Å². The highest BCUT2D eigenvalue weighted by Crippen LogP contribution is 2.26. The summed E-state index contributed by atoms with van der Waals surface area (Å²) in [5, 5.41) is 1.68. The third kappa shape index (κ3) is 4.60. The van der Waals surface area contributed by atoms with Gasteiger partial charge in [-0.15, -0.1) is 11.3 Å². The Morgan fingerprint density at radius 2 is 2.07 bits per heavy atom. The fourth-order valence-corrected chi connectivity index (χ4v) is 5.56. The molecule has 3 rings (SSSR count). The third-order valence-corrected chi connectivity index (χ3v) is 7.54. The van der Waals surface area contributed by atoms with Crippen molar-refractivity contribution in [2.45, 2.75) is 17.1 Å². The molecule has 0 unspecified atom stereocenters. The van der Waals surface area contributed by atoms with Crippen molar-refractivity contribution in [2.75, 3.05) is 19.7 Å². The number of nitrogens with zero attached hydrogens (tertiary/aromatic N) is 1. The molecule has 6 nitrogen and oxygen atoms in total. The molecule has 1 saturated heterocycles. The molecule has 2 heterocycles. The van der Waals surface area contributed by atoms with Crippen LogP contribution in [-0.2, 0) is 19.6 Å². The predicted octanol–water partition coefficient (Wildman–Crippen LogP) is 2.71. The second-order valence-electron chi connectivity index (χ2n) is 6.18. The Labute approximate surface area is 160 Å². The highest BCUT2D eigenvalue weighted by molar-refractivity contribution is 7.91. The molecule has 9 heteroatoms. The molecule has 1 aromatic heterocycles. The minimum absolute atomic E-state index is 0.0211. The number of ether oxygens (including phenoxy) is 1. The number of piperidine rings is 1. The monoisotopic (exact) mass is 411 g/mol. The van der Waals surface area contributed by atoms with Crippen molar-refractivity contribution in [3.05, 3.63) is 53.2 Å². The Hall–Kier alpha value is -2.10. The van der Waals surface area contributed by atoms with Gasteiger partial charge in [-0.2, -0.15) is 4.31 Å². The zero-order chi connectivity index (χ0) is 19.4. The van der Waals surface area contributed by atoms with Crippen molar-refractivity contribution < 1.29 is 27.1 Å². The molecule has 1 aliphatic rings. The average Bonchev–Trinajstić information content (AvgIpc) is 3.21. The van der Waals surface area contributed by atoms with Gasteiger partial charge in [0.2, 0.25) is 0 Å². The Morgan fingerprint density at radius 1 is 1.26 bits per heavy atom. The number of halogens is 1. The summed E-state index contributed by atoms with van der Waals surface area (Å²) in [6, 6.07) is 8.32. The number of thiophene rings is 1. The first-order chi connectivity index (χ1) is 12.9. The summed E-state index contributed by atoms with van der Waals surface area (Å²) in [5.41, 5.74) is 0.119. The van der Waals surface area contributed by atoms with Crippen LogP contribution < -0.4 is 0 Å². The quantitative estimate of drug-likeness (QED) is 0.539. The lowest BCUT2D eigenvalue weighted by atomic mass is 10.00. The van der Waals surface area contributed by atoms with Gasteiger partial charge in [-0.05, 0) is 36.4 Å². The summed E-state index contributed by atoms with van der Waals surface area (Å²) in [7, 11) is -3.63. The van der Waals surface area contributed by atoms with Gasteiger partial charge in [-0.3, -0.25) is 9.59 Å². The van der Waals surface area contributed by atoms with Crippen LogP contribution in [0.15, 0.2) is 46.0 Å². The van der Waals surface area contributed by atoms with E-state index in [4.69, 9.17) is 4.74 Å². The summed E-state index contributed by atoms with van der Waals surface area (Å²) in [4.78, 5) is 24.3. The first-order valence-corrected chi connectivity index (χ1v) is 10.7. The molecule has 0 N–H and O–H groups in total. The highest BCUT2D eigenvalue weighted by atomic mass is 32.2. The molecule has 0 bridgehead atoms. The van der Waals surface area contributed by atoms with E-state index in [1.54, 1.807) is 11.4 Å². The lowest BCUT2D eigenvalue weighted by Gasteiger charge is -2.30. The molecule has 1 atom stereocenters. The van der Waals surface area contributed by atoms with E-state index >= 15 is 0 Å². The van der Waals surface area contributed by atoms with Gasteiger partial charge in [0.05, 0.1) is 5.92 Å². The topological polar surface area (TPSA) is 80.8 Å². The molecule has 0 radical (unpaired) electrons. The fourth-order valence-electron chi connectivity index (χ4n) is 2.89. The van der Waals surface area contributed by atoms with Crippen LogP contribution in [0.25, 0.3) is 0 Å². The fraction of sp³-hybridized carbons (Fsp3) is 0.333. The molecule has 1 aromatic carbocycles. The molecular weight excluding hydrogens is 393 g/mol. The summed E-state index contributed by atoms with van der Waals surface area (Å²) < 4.78 is 44.9. The lowest BCUT2D eigenvalue weighted by molar-refractivity contribution is -0.148. The number of carbonyl (C=O) groups excluding carboxylic acids is 2. The zero-order valence-corrected chi connectivity index (χ0v) is 16.0. The lowest BCUT2D eigenvalue weighted by Crippen LogP contribution is -2.42.